The SMILES string of the molecule is C=CCCCCCCC(C)OC(C)=O. The number of ether oxygens (including phenoxy) is 1. The molecule has 0 aliphatic heterocycles. The van der Waals surface area contributed by atoms with Gasteiger partial charge in [-0.1, -0.05) is 18.9 Å². The molecule has 0 aliphatic rings. The third-order valence-corrected chi connectivity index (χ3v) is 2.14. The summed E-state index contributed by atoms with van der Waals surface area (Å²) in [5.41, 5.74) is 0. The number of hydrogen-bond donors (Lipinski definition) is 0. The summed E-state index contributed by atoms with van der Waals surface area (Å²) in [6.45, 7) is 7.09. The Bertz CT molecular complexity index is 164. The highest BCUT2D eigenvalue weighted by Gasteiger charge is 2.03. The Morgan fingerprint density at radius 2 is 2.00 bits per heavy atom. The summed E-state index contributed by atoms with van der Waals surface area (Å²) in [6.07, 6.45) is 8.97. The normalized spacial score (nSPS) is 12.1. The van der Waals surface area contributed by atoms with Crippen molar-refractivity contribution in [1.29, 1.82) is 0 Å². The molecule has 0 radical (unpaired) electrons. The lowest BCUT2D eigenvalue weighted by molar-refractivity contribution is -0.145. The summed E-state index contributed by atoms with van der Waals surface area (Å²) in [6, 6.07) is 0. The lowest BCUT2D eigenvalue weighted by Crippen LogP contribution is -2.11. The van der Waals surface area contributed by atoms with Crippen LogP contribution in [0.1, 0.15) is 52.4 Å². The standard InChI is InChI=1S/C12H22O2/c1-4-5-6-7-8-9-10-11(2)14-12(3)13/h4,11H,1,5-10H2,2-3H3. The first kappa shape index (κ1) is 13.2. The molecule has 0 N–H and O–H groups in total. The summed E-state index contributed by atoms with van der Waals surface area (Å²) in [5.74, 6) is -0.177. The minimum atomic E-state index is -0.177. The van der Waals surface area contributed by atoms with Crippen molar-refractivity contribution in [3.05, 3.63) is 12.7 Å². The number of unbranched alkanes of at least 4 members (excludes halogenated alkanes) is 4. The molecule has 1 unspecified atom stereocenters. The van der Waals surface area contributed by atoms with Crippen LogP contribution in [0, 0.1) is 0 Å². The molecule has 0 aliphatic carbocycles. The monoisotopic (exact) mass is 198 g/mol. The average molecular weight is 198 g/mol. The van der Waals surface area contributed by atoms with E-state index in [4.69, 9.17) is 4.74 Å². The van der Waals surface area contributed by atoms with E-state index >= 15 is 0 Å². The average Bonchev–Trinajstić information content (AvgIpc) is 2.10. The number of rotatable bonds is 8. The van der Waals surface area contributed by atoms with Crippen LogP contribution in [-0.4, -0.2) is 12.1 Å². The van der Waals surface area contributed by atoms with Gasteiger partial charge >= 0.3 is 5.97 Å². The highest BCUT2D eigenvalue weighted by molar-refractivity contribution is 5.66. The molecule has 0 rings (SSSR count). The highest BCUT2D eigenvalue weighted by Crippen LogP contribution is 2.09. The van der Waals surface area contributed by atoms with Crippen LogP contribution in [0.15, 0.2) is 12.7 Å². The van der Waals surface area contributed by atoms with Gasteiger partial charge in [0, 0.05) is 6.92 Å². The van der Waals surface area contributed by atoms with Gasteiger partial charge in [-0.15, -0.1) is 6.58 Å². The van der Waals surface area contributed by atoms with Crippen molar-refractivity contribution >= 4 is 5.97 Å². The fraction of sp³-hybridized carbons (Fsp3) is 0.750. The first-order chi connectivity index (χ1) is 6.66. The van der Waals surface area contributed by atoms with Crippen molar-refractivity contribution < 1.29 is 9.53 Å². The molecule has 1 atom stereocenters. The Labute approximate surface area is 87.3 Å². The van der Waals surface area contributed by atoms with E-state index in [-0.39, 0.29) is 12.1 Å². The molecular weight excluding hydrogens is 176 g/mol. The van der Waals surface area contributed by atoms with Crippen molar-refractivity contribution in [3.63, 3.8) is 0 Å². The third-order valence-electron chi connectivity index (χ3n) is 2.14. The van der Waals surface area contributed by atoms with Crippen LogP contribution in [0.2, 0.25) is 0 Å². The number of carbonyl (C=O) groups excluding carboxylic acids is 1. The molecule has 82 valence electrons. The van der Waals surface area contributed by atoms with E-state index in [1.165, 1.54) is 26.2 Å². The molecular formula is C12H22O2. The van der Waals surface area contributed by atoms with Gasteiger partial charge in [0.25, 0.3) is 0 Å². The maximum atomic E-state index is 10.6. The van der Waals surface area contributed by atoms with Gasteiger partial charge in [-0.05, 0) is 32.6 Å². The molecule has 0 aromatic carbocycles. The van der Waals surface area contributed by atoms with Gasteiger partial charge in [0.1, 0.15) is 0 Å². The zero-order chi connectivity index (χ0) is 10.8. The summed E-state index contributed by atoms with van der Waals surface area (Å²) < 4.78 is 5.02. The summed E-state index contributed by atoms with van der Waals surface area (Å²) >= 11 is 0. The zero-order valence-corrected chi connectivity index (χ0v) is 9.42. The van der Waals surface area contributed by atoms with E-state index in [0.717, 1.165) is 19.3 Å². The maximum absolute atomic E-state index is 10.6. The first-order valence-corrected chi connectivity index (χ1v) is 5.45. The largest absolute Gasteiger partial charge is 0.463 e. The van der Waals surface area contributed by atoms with E-state index in [1.54, 1.807) is 0 Å². The van der Waals surface area contributed by atoms with Crippen LogP contribution in [-0.2, 0) is 9.53 Å². The predicted octanol–water partition coefficient (Wildman–Crippen LogP) is 3.46. The molecule has 0 heterocycles. The maximum Gasteiger partial charge on any atom is 0.302 e. The number of allylic oxidation sites excluding steroid dienone is 1. The van der Waals surface area contributed by atoms with Crippen molar-refractivity contribution in [2.24, 2.45) is 0 Å². The smallest absolute Gasteiger partial charge is 0.302 e. The summed E-state index contributed by atoms with van der Waals surface area (Å²) in [5, 5.41) is 0. The molecule has 0 spiro atoms. The van der Waals surface area contributed by atoms with Crippen LogP contribution < -0.4 is 0 Å². The van der Waals surface area contributed by atoms with Crippen molar-refractivity contribution in [2.75, 3.05) is 0 Å². The van der Waals surface area contributed by atoms with Gasteiger partial charge in [-0.2, -0.15) is 0 Å². The Balaban J connectivity index is 3.18. The first-order valence-electron chi connectivity index (χ1n) is 5.45. The molecule has 14 heavy (non-hydrogen) atoms. The van der Waals surface area contributed by atoms with Crippen molar-refractivity contribution in [2.45, 2.75) is 58.5 Å². The van der Waals surface area contributed by atoms with E-state index < -0.39 is 0 Å². The third kappa shape index (κ3) is 9.30. The second-order valence-electron chi connectivity index (χ2n) is 3.70. The number of esters is 1. The molecule has 0 fully saturated rings. The molecule has 2 nitrogen and oxygen atoms in total. The molecule has 0 aromatic rings. The van der Waals surface area contributed by atoms with Gasteiger partial charge in [0.05, 0.1) is 6.10 Å². The quantitative estimate of drug-likeness (QED) is 0.339. The Kier molecular flexibility index (Phi) is 8.30. The van der Waals surface area contributed by atoms with Crippen LogP contribution in [0.4, 0.5) is 0 Å². The second kappa shape index (κ2) is 8.79. The zero-order valence-electron chi connectivity index (χ0n) is 9.42. The minimum absolute atomic E-state index is 0.0758. The lowest BCUT2D eigenvalue weighted by Gasteiger charge is -2.10. The van der Waals surface area contributed by atoms with Crippen LogP contribution in [0.25, 0.3) is 0 Å². The molecule has 0 aromatic heterocycles. The molecule has 0 saturated heterocycles. The molecule has 0 bridgehead atoms. The number of hydrogen-bond acceptors (Lipinski definition) is 2. The Hall–Kier alpha value is -0.790. The fourth-order valence-electron chi connectivity index (χ4n) is 1.42. The van der Waals surface area contributed by atoms with Gasteiger partial charge in [0.2, 0.25) is 0 Å². The minimum Gasteiger partial charge on any atom is -0.463 e. The molecule has 0 amide bonds. The Morgan fingerprint density at radius 1 is 1.36 bits per heavy atom. The van der Waals surface area contributed by atoms with Crippen molar-refractivity contribution in [3.8, 4) is 0 Å². The van der Waals surface area contributed by atoms with Gasteiger partial charge in [-0.25, -0.2) is 0 Å². The van der Waals surface area contributed by atoms with E-state index in [9.17, 15) is 4.79 Å². The fourth-order valence-corrected chi connectivity index (χ4v) is 1.42. The van der Waals surface area contributed by atoms with E-state index in [1.807, 2.05) is 13.0 Å². The lowest BCUT2D eigenvalue weighted by atomic mass is 10.1. The van der Waals surface area contributed by atoms with E-state index in [0.29, 0.717) is 0 Å². The van der Waals surface area contributed by atoms with Gasteiger partial charge in [-0.3, -0.25) is 4.79 Å². The Morgan fingerprint density at radius 3 is 2.57 bits per heavy atom. The highest BCUT2D eigenvalue weighted by atomic mass is 16.5. The molecule has 0 saturated carbocycles. The topological polar surface area (TPSA) is 26.3 Å². The second-order valence-corrected chi connectivity index (χ2v) is 3.70. The summed E-state index contributed by atoms with van der Waals surface area (Å²) in [7, 11) is 0. The van der Waals surface area contributed by atoms with Gasteiger partial charge < -0.3 is 4.74 Å². The van der Waals surface area contributed by atoms with Crippen LogP contribution in [0.3, 0.4) is 0 Å². The van der Waals surface area contributed by atoms with Crippen LogP contribution in [0.5, 0.6) is 0 Å². The van der Waals surface area contributed by atoms with Gasteiger partial charge in [0.15, 0.2) is 0 Å². The predicted molar refractivity (Wildman–Crippen MR) is 59.1 cm³/mol. The van der Waals surface area contributed by atoms with Crippen molar-refractivity contribution in [1.82, 2.24) is 0 Å². The molecule has 2 heteroatoms. The number of carbonyl (C=O) groups is 1. The van der Waals surface area contributed by atoms with Crippen LogP contribution >= 0.6 is 0 Å². The summed E-state index contributed by atoms with van der Waals surface area (Å²) in [4.78, 5) is 10.6. The van der Waals surface area contributed by atoms with E-state index in [2.05, 4.69) is 6.58 Å².